The molecule has 1 amide bonds. The van der Waals surface area contributed by atoms with Crippen LogP contribution in [0.3, 0.4) is 0 Å². The molecule has 1 heterocycles. The quantitative estimate of drug-likeness (QED) is 0.876. The van der Waals surface area contributed by atoms with Gasteiger partial charge in [-0.3, -0.25) is 4.79 Å². The topological polar surface area (TPSA) is 38.3 Å². The van der Waals surface area contributed by atoms with Crippen LogP contribution in [0.5, 0.6) is 0 Å². The maximum Gasteiger partial charge on any atom is 0.220 e. The summed E-state index contributed by atoms with van der Waals surface area (Å²) in [5, 5.41) is 3.22. The predicted octanol–water partition coefficient (Wildman–Crippen LogP) is 3.22. The van der Waals surface area contributed by atoms with Gasteiger partial charge in [0, 0.05) is 25.2 Å². The average molecular weight is 305 g/mol. The number of hydrogen-bond acceptors (Lipinski definition) is 2. The highest BCUT2D eigenvalue weighted by atomic mass is 19.1. The number of amides is 1. The van der Waals surface area contributed by atoms with E-state index in [1.54, 1.807) is 12.1 Å². The summed E-state index contributed by atoms with van der Waals surface area (Å²) in [6.45, 7) is 1.62. The maximum absolute atomic E-state index is 13.3. The molecule has 1 aromatic rings. The van der Waals surface area contributed by atoms with Gasteiger partial charge in [-0.15, -0.1) is 0 Å². The molecule has 22 heavy (non-hydrogen) atoms. The highest BCUT2D eigenvalue weighted by Gasteiger charge is 2.38. The monoisotopic (exact) mass is 305 g/mol. The predicted molar refractivity (Wildman–Crippen MR) is 83.0 cm³/mol. The standard InChI is InChI=1S/C18H24FNO2/c19-16-4-1-3-15(11-16)12-18(8-2-9-18)20-17(21)6-5-14-7-10-22-13-14/h1,3-4,11,14H,2,5-10,12-13H2,(H,20,21). The molecule has 0 radical (unpaired) electrons. The normalized spacial score (nSPS) is 23.0. The van der Waals surface area contributed by atoms with Crippen LogP contribution < -0.4 is 5.32 Å². The van der Waals surface area contributed by atoms with Crippen LogP contribution in [0.25, 0.3) is 0 Å². The van der Waals surface area contributed by atoms with Crippen molar-refractivity contribution < 1.29 is 13.9 Å². The van der Waals surface area contributed by atoms with E-state index in [9.17, 15) is 9.18 Å². The van der Waals surface area contributed by atoms with Gasteiger partial charge < -0.3 is 10.1 Å². The fourth-order valence-corrected chi connectivity index (χ4v) is 3.49. The molecular formula is C18H24FNO2. The van der Waals surface area contributed by atoms with Crippen LogP contribution in [-0.2, 0) is 16.0 Å². The van der Waals surface area contributed by atoms with E-state index in [0.29, 0.717) is 12.3 Å². The number of hydrogen-bond donors (Lipinski definition) is 1. The molecular weight excluding hydrogens is 281 g/mol. The van der Waals surface area contributed by atoms with Crippen molar-refractivity contribution in [2.24, 2.45) is 5.92 Å². The van der Waals surface area contributed by atoms with Crippen molar-refractivity contribution in [3.8, 4) is 0 Å². The highest BCUT2D eigenvalue weighted by Crippen LogP contribution is 2.35. The van der Waals surface area contributed by atoms with E-state index in [4.69, 9.17) is 4.74 Å². The van der Waals surface area contributed by atoms with Gasteiger partial charge in [0.1, 0.15) is 5.82 Å². The zero-order valence-corrected chi connectivity index (χ0v) is 12.9. The molecule has 0 bridgehead atoms. The number of nitrogens with one attached hydrogen (secondary N) is 1. The molecule has 3 rings (SSSR count). The fourth-order valence-electron chi connectivity index (χ4n) is 3.49. The van der Waals surface area contributed by atoms with Crippen LogP contribution in [0.1, 0.15) is 44.1 Å². The lowest BCUT2D eigenvalue weighted by atomic mass is 9.72. The lowest BCUT2D eigenvalue weighted by molar-refractivity contribution is -0.124. The molecule has 2 aliphatic rings. The van der Waals surface area contributed by atoms with Crippen LogP contribution in [0.4, 0.5) is 4.39 Å². The maximum atomic E-state index is 13.3. The number of carbonyl (C=O) groups is 1. The first kappa shape index (κ1) is 15.5. The second kappa shape index (κ2) is 6.78. The number of halogens is 1. The lowest BCUT2D eigenvalue weighted by Crippen LogP contribution is -2.55. The Balaban J connectivity index is 1.52. The van der Waals surface area contributed by atoms with E-state index in [0.717, 1.165) is 57.3 Å². The summed E-state index contributed by atoms with van der Waals surface area (Å²) in [4.78, 5) is 12.2. The summed E-state index contributed by atoms with van der Waals surface area (Å²) < 4.78 is 18.7. The molecule has 1 aliphatic carbocycles. The molecule has 4 heteroatoms. The van der Waals surface area contributed by atoms with Crippen molar-refractivity contribution in [2.75, 3.05) is 13.2 Å². The Morgan fingerprint density at radius 2 is 2.27 bits per heavy atom. The van der Waals surface area contributed by atoms with E-state index < -0.39 is 0 Å². The lowest BCUT2D eigenvalue weighted by Gasteiger charge is -2.43. The molecule has 0 spiro atoms. The van der Waals surface area contributed by atoms with Gasteiger partial charge >= 0.3 is 0 Å². The molecule has 1 atom stereocenters. The van der Waals surface area contributed by atoms with Crippen molar-refractivity contribution in [3.63, 3.8) is 0 Å². The second-order valence-electron chi connectivity index (χ2n) is 6.76. The number of rotatable bonds is 6. The third kappa shape index (κ3) is 3.86. The SMILES string of the molecule is O=C(CCC1CCOC1)NC1(Cc2cccc(F)c2)CCC1. The van der Waals surface area contributed by atoms with E-state index in [2.05, 4.69) is 5.32 Å². The molecule has 120 valence electrons. The van der Waals surface area contributed by atoms with Crippen molar-refractivity contribution in [2.45, 2.75) is 50.5 Å². The van der Waals surface area contributed by atoms with Gasteiger partial charge in [-0.05, 0) is 62.1 Å². The van der Waals surface area contributed by atoms with Crippen LogP contribution in [0, 0.1) is 11.7 Å². The van der Waals surface area contributed by atoms with E-state index >= 15 is 0 Å². The van der Waals surface area contributed by atoms with E-state index in [-0.39, 0.29) is 17.3 Å². The van der Waals surface area contributed by atoms with Crippen LogP contribution in [0.2, 0.25) is 0 Å². The van der Waals surface area contributed by atoms with Gasteiger partial charge in [0.2, 0.25) is 5.91 Å². The van der Waals surface area contributed by atoms with Gasteiger partial charge in [0.05, 0.1) is 0 Å². The van der Waals surface area contributed by atoms with Gasteiger partial charge in [0.25, 0.3) is 0 Å². The first-order chi connectivity index (χ1) is 10.7. The summed E-state index contributed by atoms with van der Waals surface area (Å²) in [6.07, 6.45) is 6.38. The van der Waals surface area contributed by atoms with E-state index in [1.165, 1.54) is 6.07 Å². The largest absolute Gasteiger partial charge is 0.381 e. The zero-order chi connectivity index (χ0) is 15.4. The van der Waals surface area contributed by atoms with Crippen molar-refractivity contribution in [1.29, 1.82) is 0 Å². The van der Waals surface area contributed by atoms with Crippen LogP contribution in [0.15, 0.2) is 24.3 Å². The first-order valence-electron chi connectivity index (χ1n) is 8.28. The molecule has 1 aromatic carbocycles. The van der Waals surface area contributed by atoms with Gasteiger partial charge in [0.15, 0.2) is 0 Å². The molecule has 1 saturated carbocycles. The second-order valence-corrected chi connectivity index (χ2v) is 6.76. The van der Waals surface area contributed by atoms with Gasteiger partial charge in [-0.1, -0.05) is 12.1 Å². The first-order valence-corrected chi connectivity index (χ1v) is 8.28. The summed E-state index contributed by atoms with van der Waals surface area (Å²) in [6, 6.07) is 6.70. The minimum absolute atomic E-state index is 0.128. The Morgan fingerprint density at radius 3 is 2.91 bits per heavy atom. The Kier molecular flexibility index (Phi) is 4.77. The molecule has 3 nitrogen and oxygen atoms in total. The van der Waals surface area contributed by atoms with Crippen molar-refractivity contribution in [3.05, 3.63) is 35.6 Å². The Labute approximate surface area is 131 Å². The van der Waals surface area contributed by atoms with Crippen LogP contribution >= 0.6 is 0 Å². The Morgan fingerprint density at radius 1 is 1.41 bits per heavy atom. The molecule has 0 aromatic heterocycles. The summed E-state index contributed by atoms with van der Waals surface area (Å²) in [5.41, 5.74) is 0.807. The minimum atomic E-state index is -0.209. The number of ether oxygens (including phenoxy) is 1. The van der Waals surface area contributed by atoms with Crippen molar-refractivity contribution in [1.82, 2.24) is 5.32 Å². The molecule has 1 saturated heterocycles. The minimum Gasteiger partial charge on any atom is -0.381 e. The molecule has 1 unspecified atom stereocenters. The molecule has 1 N–H and O–H groups in total. The Hall–Kier alpha value is -1.42. The fraction of sp³-hybridized carbons (Fsp3) is 0.611. The zero-order valence-electron chi connectivity index (χ0n) is 12.9. The third-order valence-corrected chi connectivity index (χ3v) is 4.95. The van der Waals surface area contributed by atoms with Crippen molar-refractivity contribution >= 4 is 5.91 Å². The highest BCUT2D eigenvalue weighted by molar-refractivity contribution is 5.77. The number of benzene rings is 1. The number of carbonyl (C=O) groups excluding carboxylic acids is 1. The molecule has 1 aliphatic heterocycles. The van der Waals surface area contributed by atoms with Crippen LogP contribution in [-0.4, -0.2) is 24.7 Å². The smallest absolute Gasteiger partial charge is 0.220 e. The summed E-state index contributed by atoms with van der Waals surface area (Å²) >= 11 is 0. The summed E-state index contributed by atoms with van der Waals surface area (Å²) in [5.74, 6) is 0.453. The molecule has 2 fully saturated rings. The summed E-state index contributed by atoms with van der Waals surface area (Å²) in [7, 11) is 0. The van der Waals surface area contributed by atoms with Gasteiger partial charge in [-0.2, -0.15) is 0 Å². The Bertz CT molecular complexity index is 522. The van der Waals surface area contributed by atoms with Gasteiger partial charge in [-0.25, -0.2) is 4.39 Å². The van der Waals surface area contributed by atoms with E-state index in [1.807, 2.05) is 6.07 Å². The third-order valence-electron chi connectivity index (χ3n) is 4.95. The average Bonchev–Trinajstić information content (AvgIpc) is 2.96.